The van der Waals surface area contributed by atoms with Gasteiger partial charge in [0.05, 0.1) is 6.10 Å². The first-order chi connectivity index (χ1) is 9.51. The van der Waals surface area contributed by atoms with E-state index in [1.165, 1.54) is 4.90 Å². The van der Waals surface area contributed by atoms with Crippen LogP contribution < -0.4 is 5.32 Å². The second-order valence-corrected chi connectivity index (χ2v) is 5.58. The third-order valence-electron chi connectivity index (χ3n) is 4.11. The molecule has 0 bridgehead atoms. The number of nitrogens with zero attached hydrogens (tertiary/aromatic N) is 2. The van der Waals surface area contributed by atoms with Crippen LogP contribution in [0, 0.1) is 0 Å². The molecule has 7 nitrogen and oxygen atoms in total. The number of likely N-dealkylation sites (N-methyl/N-ethyl adjacent to an activating group) is 1. The van der Waals surface area contributed by atoms with Gasteiger partial charge in [-0.3, -0.25) is 0 Å². The maximum atomic E-state index is 12.2. The quantitative estimate of drug-likeness (QED) is 0.662. The van der Waals surface area contributed by atoms with E-state index in [2.05, 4.69) is 17.1 Å². The maximum Gasteiger partial charge on any atom is 0.326 e. The highest BCUT2D eigenvalue weighted by atomic mass is 16.4. The van der Waals surface area contributed by atoms with E-state index >= 15 is 0 Å². The zero-order chi connectivity index (χ0) is 14.7. The molecule has 0 radical (unpaired) electrons. The summed E-state index contributed by atoms with van der Waals surface area (Å²) in [6.45, 7) is 4.97. The summed E-state index contributed by atoms with van der Waals surface area (Å²) in [5.74, 6) is -1.06. The Kier molecular flexibility index (Phi) is 4.82. The van der Waals surface area contributed by atoms with Crippen molar-refractivity contribution < 1.29 is 19.8 Å². The fourth-order valence-electron chi connectivity index (χ4n) is 2.99. The molecule has 2 rings (SSSR count). The molecule has 2 aliphatic rings. The lowest BCUT2D eigenvalue weighted by molar-refractivity contribution is -0.141. The van der Waals surface area contributed by atoms with E-state index in [0.29, 0.717) is 0 Å². The van der Waals surface area contributed by atoms with E-state index in [4.69, 9.17) is 5.11 Å². The van der Waals surface area contributed by atoms with Gasteiger partial charge in [-0.1, -0.05) is 6.92 Å². The van der Waals surface area contributed by atoms with Gasteiger partial charge in [-0.05, 0) is 25.9 Å². The van der Waals surface area contributed by atoms with Crippen molar-refractivity contribution in [1.82, 2.24) is 15.1 Å². The molecule has 0 aromatic carbocycles. The Hall–Kier alpha value is -1.34. The standard InChI is InChI=1S/C13H23N3O4/c1-2-15-5-3-4-9(7-15)14-13(20)16-8-10(17)6-11(16)12(18)19/h9-11,17H,2-8H2,1H3,(H,14,20)(H,18,19)/t9?,10-,11+/m1/s1. The molecule has 0 spiro atoms. The van der Waals surface area contributed by atoms with Crippen LogP contribution in [-0.4, -0.2) is 76.4 Å². The smallest absolute Gasteiger partial charge is 0.326 e. The monoisotopic (exact) mass is 285 g/mol. The second kappa shape index (κ2) is 6.41. The second-order valence-electron chi connectivity index (χ2n) is 5.58. The zero-order valence-electron chi connectivity index (χ0n) is 11.8. The molecule has 3 atom stereocenters. The van der Waals surface area contributed by atoms with Gasteiger partial charge in [0.25, 0.3) is 0 Å². The number of β-amino-alcohol motifs (C(OH)–C–C–N with tert-alkyl or cyclic N) is 1. The number of hydrogen-bond acceptors (Lipinski definition) is 4. The third kappa shape index (κ3) is 3.40. The number of hydrogen-bond donors (Lipinski definition) is 3. The van der Waals surface area contributed by atoms with Crippen LogP contribution in [0.5, 0.6) is 0 Å². The van der Waals surface area contributed by atoms with Crippen LogP contribution in [0.4, 0.5) is 4.79 Å². The molecular formula is C13H23N3O4. The number of carbonyl (C=O) groups excluding carboxylic acids is 1. The summed E-state index contributed by atoms with van der Waals surface area (Å²) in [5, 5.41) is 21.6. The molecule has 1 unspecified atom stereocenters. The van der Waals surface area contributed by atoms with Crippen molar-refractivity contribution >= 4 is 12.0 Å². The van der Waals surface area contributed by atoms with E-state index in [1.807, 2.05) is 0 Å². The van der Waals surface area contributed by atoms with Gasteiger partial charge in [0.1, 0.15) is 6.04 Å². The molecule has 2 heterocycles. The number of rotatable bonds is 3. The number of carboxylic acid groups (broad SMARTS) is 1. The van der Waals surface area contributed by atoms with Gasteiger partial charge in [-0.15, -0.1) is 0 Å². The van der Waals surface area contributed by atoms with Crippen molar-refractivity contribution in [3.8, 4) is 0 Å². The Labute approximate surface area is 118 Å². The lowest BCUT2D eigenvalue weighted by atomic mass is 10.1. The summed E-state index contributed by atoms with van der Waals surface area (Å²) in [7, 11) is 0. The minimum atomic E-state index is -1.06. The molecule has 0 aliphatic carbocycles. The molecule has 0 saturated carbocycles. The number of nitrogens with one attached hydrogen (secondary N) is 1. The van der Waals surface area contributed by atoms with Gasteiger partial charge in [-0.25, -0.2) is 9.59 Å². The Morgan fingerprint density at radius 2 is 2.10 bits per heavy atom. The number of likely N-dealkylation sites (tertiary alicyclic amines) is 2. The molecule has 2 fully saturated rings. The number of aliphatic carboxylic acids is 1. The summed E-state index contributed by atoms with van der Waals surface area (Å²) in [4.78, 5) is 26.8. The molecule has 2 aliphatic heterocycles. The van der Waals surface area contributed by atoms with Gasteiger partial charge in [0.15, 0.2) is 0 Å². The molecule has 2 saturated heterocycles. The van der Waals surface area contributed by atoms with Crippen LogP contribution >= 0.6 is 0 Å². The number of amides is 2. The van der Waals surface area contributed by atoms with Crippen molar-refractivity contribution in [2.75, 3.05) is 26.2 Å². The predicted molar refractivity (Wildman–Crippen MR) is 72.4 cm³/mol. The number of piperidine rings is 1. The van der Waals surface area contributed by atoms with Gasteiger partial charge in [0, 0.05) is 25.6 Å². The molecule has 2 amide bonds. The maximum absolute atomic E-state index is 12.2. The minimum absolute atomic E-state index is 0.0587. The molecule has 0 aromatic rings. The molecular weight excluding hydrogens is 262 g/mol. The van der Waals surface area contributed by atoms with Crippen molar-refractivity contribution in [3.05, 3.63) is 0 Å². The number of urea groups is 1. The van der Waals surface area contributed by atoms with Crippen molar-refractivity contribution in [2.24, 2.45) is 0 Å². The fourth-order valence-corrected chi connectivity index (χ4v) is 2.99. The zero-order valence-corrected chi connectivity index (χ0v) is 11.8. The van der Waals surface area contributed by atoms with Crippen LogP contribution in [0.1, 0.15) is 26.2 Å². The summed E-state index contributed by atoms with van der Waals surface area (Å²) in [6.07, 6.45) is 1.30. The minimum Gasteiger partial charge on any atom is -0.480 e. The van der Waals surface area contributed by atoms with E-state index in [9.17, 15) is 14.7 Å². The molecule has 114 valence electrons. The van der Waals surface area contributed by atoms with E-state index in [-0.39, 0.29) is 25.0 Å². The van der Waals surface area contributed by atoms with Crippen LogP contribution in [0.2, 0.25) is 0 Å². The van der Waals surface area contributed by atoms with Crippen LogP contribution in [0.25, 0.3) is 0 Å². The first kappa shape index (κ1) is 15.1. The number of aliphatic hydroxyl groups is 1. The molecule has 20 heavy (non-hydrogen) atoms. The average Bonchev–Trinajstić information content (AvgIpc) is 2.81. The Morgan fingerprint density at radius 3 is 2.75 bits per heavy atom. The predicted octanol–water partition coefficient (Wildman–Crippen LogP) is -0.300. The Morgan fingerprint density at radius 1 is 1.35 bits per heavy atom. The van der Waals surface area contributed by atoms with E-state index in [0.717, 1.165) is 32.5 Å². The Balaban J connectivity index is 1.92. The lowest BCUT2D eigenvalue weighted by Gasteiger charge is -2.33. The van der Waals surface area contributed by atoms with Crippen molar-refractivity contribution in [2.45, 2.75) is 44.4 Å². The van der Waals surface area contributed by atoms with Gasteiger partial charge < -0.3 is 25.3 Å². The third-order valence-corrected chi connectivity index (χ3v) is 4.11. The summed E-state index contributed by atoms with van der Waals surface area (Å²) in [6, 6.07) is -1.24. The molecule has 3 N–H and O–H groups in total. The largest absolute Gasteiger partial charge is 0.480 e. The van der Waals surface area contributed by atoms with Crippen LogP contribution in [0.3, 0.4) is 0 Å². The normalized spacial score (nSPS) is 31.3. The van der Waals surface area contributed by atoms with Crippen LogP contribution in [-0.2, 0) is 4.79 Å². The topological polar surface area (TPSA) is 93.1 Å². The van der Waals surface area contributed by atoms with E-state index in [1.54, 1.807) is 0 Å². The first-order valence-corrected chi connectivity index (χ1v) is 7.21. The molecule has 7 heteroatoms. The van der Waals surface area contributed by atoms with Crippen molar-refractivity contribution in [1.29, 1.82) is 0 Å². The Bertz CT molecular complexity index is 377. The highest BCUT2D eigenvalue weighted by Crippen LogP contribution is 2.19. The summed E-state index contributed by atoms with van der Waals surface area (Å²) in [5.41, 5.74) is 0. The summed E-state index contributed by atoms with van der Waals surface area (Å²) < 4.78 is 0. The molecule has 0 aromatic heterocycles. The lowest BCUT2D eigenvalue weighted by Crippen LogP contribution is -2.53. The van der Waals surface area contributed by atoms with Crippen molar-refractivity contribution in [3.63, 3.8) is 0 Å². The van der Waals surface area contributed by atoms with E-state index < -0.39 is 18.1 Å². The average molecular weight is 285 g/mol. The number of aliphatic hydroxyl groups excluding tert-OH is 1. The van der Waals surface area contributed by atoms with Crippen LogP contribution in [0.15, 0.2) is 0 Å². The highest BCUT2D eigenvalue weighted by molar-refractivity contribution is 5.83. The van der Waals surface area contributed by atoms with Gasteiger partial charge >= 0.3 is 12.0 Å². The van der Waals surface area contributed by atoms with Gasteiger partial charge in [0.2, 0.25) is 0 Å². The fraction of sp³-hybridized carbons (Fsp3) is 0.846. The summed E-state index contributed by atoms with van der Waals surface area (Å²) >= 11 is 0. The number of carboxylic acids is 1. The number of carbonyl (C=O) groups is 2. The first-order valence-electron chi connectivity index (χ1n) is 7.21. The van der Waals surface area contributed by atoms with Gasteiger partial charge in [-0.2, -0.15) is 0 Å². The SMILES string of the molecule is CCN1CCCC(NC(=O)N2C[C@H](O)C[C@H]2C(=O)O)C1. The highest BCUT2D eigenvalue weighted by Gasteiger charge is 2.39.